The molecule has 0 aliphatic heterocycles. The van der Waals surface area contributed by atoms with Crippen LogP contribution in [-0.2, 0) is 16.8 Å². The van der Waals surface area contributed by atoms with Gasteiger partial charge in [0.25, 0.3) is 0 Å². The topological polar surface area (TPSA) is 56.8 Å². The second kappa shape index (κ2) is 8.86. The zero-order valence-electron chi connectivity index (χ0n) is 16.5. The van der Waals surface area contributed by atoms with E-state index in [4.69, 9.17) is 14.2 Å². The van der Waals surface area contributed by atoms with Gasteiger partial charge in [-0.3, -0.25) is 4.79 Å². The molecule has 2 aromatic carbocycles. The summed E-state index contributed by atoms with van der Waals surface area (Å²) in [5, 5.41) is 3.13. The number of hydrogen-bond donors (Lipinski definition) is 1. The maximum Gasteiger partial charge on any atom is 0.230 e. The fourth-order valence-electron chi connectivity index (χ4n) is 4.06. The number of halogens is 1. The minimum absolute atomic E-state index is 0.0555. The summed E-state index contributed by atoms with van der Waals surface area (Å²) in [6.45, 7) is 0.359. The van der Waals surface area contributed by atoms with Gasteiger partial charge in [-0.1, -0.05) is 40.9 Å². The maximum absolute atomic E-state index is 13.3. The van der Waals surface area contributed by atoms with E-state index in [1.165, 1.54) is 0 Å². The number of carbonyl (C=O) groups is 1. The van der Waals surface area contributed by atoms with Crippen LogP contribution in [0.1, 0.15) is 36.8 Å². The summed E-state index contributed by atoms with van der Waals surface area (Å²) in [6, 6.07) is 11.8. The molecule has 1 aliphatic rings. The van der Waals surface area contributed by atoms with Gasteiger partial charge >= 0.3 is 0 Å². The SMILES string of the molecule is COc1ccc(CNC(=O)C2(c3cccc(Br)c3)CCCC2)c(OC)c1OC. The van der Waals surface area contributed by atoms with Crippen molar-refractivity contribution in [2.75, 3.05) is 21.3 Å². The van der Waals surface area contributed by atoms with Gasteiger partial charge in [-0.25, -0.2) is 0 Å². The first kappa shape index (κ1) is 20.5. The van der Waals surface area contributed by atoms with E-state index < -0.39 is 5.41 Å². The van der Waals surface area contributed by atoms with Crippen molar-refractivity contribution in [3.05, 3.63) is 52.0 Å². The van der Waals surface area contributed by atoms with Crippen molar-refractivity contribution >= 4 is 21.8 Å². The van der Waals surface area contributed by atoms with E-state index in [0.717, 1.165) is 41.3 Å². The second-order valence-corrected chi connectivity index (χ2v) is 7.89. The Bertz CT molecular complexity index is 846. The normalized spacial score (nSPS) is 15.1. The van der Waals surface area contributed by atoms with Gasteiger partial charge in [0.15, 0.2) is 11.5 Å². The first-order valence-corrected chi connectivity index (χ1v) is 10.2. The lowest BCUT2D eigenvalue weighted by atomic mass is 9.78. The Hall–Kier alpha value is -2.21. The molecule has 1 aliphatic carbocycles. The molecule has 28 heavy (non-hydrogen) atoms. The summed E-state index contributed by atoms with van der Waals surface area (Å²) in [5.41, 5.74) is 1.43. The lowest BCUT2D eigenvalue weighted by Gasteiger charge is -2.29. The smallest absolute Gasteiger partial charge is 0.230 e. The Morgan fingerprint density at radius 3 is 2.36 bits per heavy atom. The molecule has 1 amide bonds. The minimum atomic E-state index is -0.479. The van der Waals surface area contributed by atoms with Gasteiger partial charge < -0.3 is 19.5 Å². The van der Waals surface area contributed by atoms with Crippen LogP contribution in [0.15, 0.2) is 40.9 Å². The molecule has 0 aromatic heterocycles. The molecule has 0 radical (unpaired) electrons. The molecular formula is C22H26BrNO4. The fourth-order valence-corrected chi connectivity index (χ4v) is 4.46. The molecule has 0 spiro atoms. The third-order valence-electron chi connectivity index (χ3n) is 5.49. The number of carbonyl (C=O) groups excluding carboxylic acids is 1. The number of methoxy groups -OCH3 is 3. The Balaban J connectivity index is 1.85. The molecular weight excluding hydrogens is 422 g/mol. The first-order valence-electron chi connectivity index (χ1n) is 9.38. The number of rotatable bonds is 7. The van der Waals surface area contributed by atoms with Crippen LogP contribution in [0.3, 0.4) is 0 Å². The van der Waals surface area contributed by atoms with Gasteiger partial charge in [-0.05, 0) is 42.7 Å². The van der Waals surface area contributed by atoms with E-state index in [0.29, 0.717) is 23.8 Å². The van der Waals surface area contributed by atoms with Crippen LogP contribution in [0.25, 0.3) is 0 Å². The molecule has 1 fully saturated rings. The zero-order chi connectivity index (χ0) is 20.1. The highest BCUT2D eigenvalue weighted by Gasteiger charge is 2.42. The molecule has 0 heterocycles. The van der Waals surface area contributed by atoms with Crippen LogP contribution < -0.4 is 19.5 Å². The van der Waals surface area contributed by atoms with Crippen molar-refractivity contribution in [1.82, 2.24) is 5.32 Å². The van der Waals surface area contributed by atoms with Gasteiger partial charge in [0.05, 0.1) is 26.7 Å². The Kier molecular flexibility index (Phi) is 6.50. The summed E-state index contributed by atoms with van der Waals surface area (Å²) >= 11 is 3.53. The number of amides is 1. The fraction of sp³-hybridized carbons (Fsp3) is 0.409. The van der Waals surface area contributed by atoms with Crippen LogP contribution in [-0.4, -0.2) is 27.2 Å². The van der Waals surface area contributed by atoms with E-state index in [2.05, 4.69) is 27.3 Å². The molecule has 2 aromatic rings. The van der Waals surface area contributed by atoms with Crippen molar-refractivity contribution < 1.29 is 19.0 Å². The minimum Gasteiger partial charge on any atom is -0.493 e. The van der Waals surface area contributed by atoms with Crippen molar-refractivity contribution in [2.45, 2.75) is 37.6 Å². The maximum atomic E-state index is 13.3. The van der Waals surface area contributed by atoms with E-state index in [1.807, 2.05) is 30.3 Å². The van der Waals surface area contributed by atoms with Crippen molar-refractivity contribution in [1.29, 1.82) is 0 Å². The number of hydrogen-bond acceptors (Lipinski definition) is 4. The Morgan fingerprint density at radius 1 is 1.04 bits per heavy atom. The van der Waals surface area contributed by atoms with Gasteiger partial charge in [0.1, 0.15) is 0 Å². The van der Waals surface area contributed by atoms with Crippen LogP contribution in [0.4, 0.5) is 0 Å². The highest BCUT2D eigenvalue weighted by Crippen LogP contribution is 2.43. The molecule has 5 nitrogen and oxygen atoms in total. The summed E-state index contributed by atoms with van der Waals surface area (Å²) < 4.78 is 17.3. The molecule has 1 saturated carbocycles. The molecule has 6 heteroatoms. The van der Waals surface area contributed by atoms with Crippen LogP contribution in [0.2, 0.25) is 0 Å². The van der Waals surface area contributed by atoms with Crippen molar-refractivity contribution in [2.24, 2.45) is 0 Å². The Morgan fingerprint density at radius 2 is 1.75 bits per heavy atom. The second-order valence-electron chi connectivity index (χ2n) is 6.98. The standard InChI is InChI=1S/C22H26BrNO4/c1-26-18-10-9-15(19(27-2)20(18)28-3)14-24-21(25)22(11-4-5-12-22)16-7-6-8-17(23)13-16/h6-10,13H,4-5,11-12,14H2,1-3H3,(H,24,25). The summed E-state index contributed by atoms with van der Waals surface area (Å²) in [5.74, 6) is 1.75. The van der Waals surface area contributed by atoms with E-state index >= 15 is 0 Å². The Labute approximate surface area is 174 Å². The van der Waals surface area contributed by atoms with Gasteiger partial charge in [-0.15, -0.1) is 0 Å². The van der Waals surface area contributed by atoms with Crippen LogP contribution in [0, 0.1) is 0 Å². The molecule has 0 saturated heterocycles. The van der Waals surface area contributed by atoms with Gasteiger partial charge in [0.2, 0.25) is 11.7 Å². The van der Waals surface area contributed by atoms with E-state index in [-0.39, 0.29) is 5.91 Å². The molecule has 0 atom stereocenters. The summed E-state index contributed by atoms with van der Waals surface area (Å²) in [4.78, 5) is 13.3. The molecule has 1 N–H and O–H groups in total. The third-order valence-corrected chi connectivity index (χ3v) is 5.99. The first-order chi connectivity index (χ1) is 13.6. The van der Waals surface area contributed by atoms with Gasteiger partial charge in [-0.2, -0.15) is 0 Å². The predicted octanol–water partition coefficient (Wildman–Crippen LogP) is 4.60. The quantitative estimate of drug-likeness (QED) is 0.673. The predicted molar refractivity (Wildman–Crippen MR) is 112 cm³/mol. The number of nitrogens with one attached hydrogen (secondary N) is 1. The highest BCUT2D eigenvalue weighted by molar-refractivity contribution is 9.10. The average molecular weight is 448 g/mol. The third kappa shape index (κ3) is 3.83. The number of benzene rings is 2. The molecule has 150 valence electrons. The number of ether oxygens (including phenoxy) is 3. The lowest BCUT2D eigenvalue weighted by Crippen LogP contribution is -2.42. The van der Waals surface area contributed by atoms with Crippen molar-refractivity contribution in [3.63, 3.8) is 0 Å². The summed E-state index contributed by atoms with van der Waals surface area (Å²) in [6.07, 6.45) is 3.83. The molecule has 0 bridgehead atoms. The largest absolute Gasteiger partial charge is 0.493 e. The molecule has 3 rings (SSSR count). The highest BCUT2D eigenvalue weighted by atomic mass is 79.9. The van der Waals surface area contributed by atoms with Crippen molar-refractivity contribution in [3.8, 4) is 17.2 Å². The lowest BCUT2D eigenvalue weighted by molar-refractivity contribution is -0.126. The average Bonchev–Trinajstić information content (AvgIpc) is 3.22. The van der Waals surface area contributed by atoms with E-state index in [1.54, 1.807) is 21.3 Å². The van der Waals surface area contributed by atoms with Crippen LogP contribution >= 0.6 is 15.9 Å². The zero-order valence-corrected chi connectivity index (χ0v) is 18.1. The van der Waals surface area contributed by atoms with E-state index in [9.17, 15) is 4.79 Å². The summed E-state index contributed by atoms with van der Waals surface area (Å²) in [7, 11) is 4.74. The van der Waals surface area contributed by atoms with Gasteiger partial charge in [0, 0.05) is 16.6 Å². The molecule has 0 unspecified atom stereocenters. The monoisotopic (exact) mass is 447 g/mol. The van der Waals surface area contributed by atoms with Crippen LogP contribution in [0.5, 0.6) is 17.2 Å².